The molecule has 0 aromatic heterocycles. The molecule has 96 valence electrons. The molecule has 2 atom stereocenters. The van der Waals surface area contributed by atoms with Crippen molar-refractivity contribution in [3.63, 3.8) is 0 Å². The van der Waals surface area contributed by atoms with E-state index in [4.69, 9.17) is 5.26 Å². The molecule has 0 heterocycles. The Kier molecular flexibility index (Phi) is 5.53. The molecule has 5 heteroatoms. The molecule has 18 heavy (non-hydrogen) atoms. The van der Waals surface area contributed by atoms with Crippen LogP contribution in [0.25, 0.3) is 0 Å². The number of nitrogens with one attached hydrogen (secondary N) is 1. The third-order valence-corrected chi connectivity index (χ3v) is 4.05. The van der Waals surface area contributed by atoms with Crippen molar-refractivity contribution in [2.75, 3.05) is 12.8 Å². The highest BCUT2D eigenvalue weighted by atomic mass is 32.2. The predicted molar refractivity (Wildman–Crippen MR) is 71.6 cm³/mol. The van der Waals surface area contributed by atoms with E-state index in [1.165, 1.54) is 0 Å². The van der Waals surface area contributed by atoms with E-state index in [-0.39, 0.29) is 11.2 Å². The average Bonchev–Trinajstić information content (AvgIpc) is 2.38. The molecule has 1 aromatic carbocycles. The molecule has 4 nitrogen and oxygen atoms in total. The fourth-order valence-electron chi connectivity index (χ4n) is 1.35. The SMILES string of the molecule is CC(CCNC(=O)c1ccc(C#N)cc1)S(C)=O. The van der Waals surface area contributed by atoms with Gasteiger partial charge in [-0.25, -0.2) is 0 Å². The molecule has 0 aliphatic heterocycles. The van der Waals surface area contributed by atoms with Gasteiger partial charge >= 0.3 is 0 Å². The van der Waals surface area contributed by atoms with E-state index < -0.39 is 10.8 Å². The van der Waals surface area contributed by atoms with E-state index in [0.717, 1.165) is 0 Å². The highest BCUT2D eigenvalue weighted by molar-refractivity contribution is 7.84. The van der Waals surface area contributed by atoms with Crippen LogP contribution in [0.15, 0.2) is 24.3 Å². The lowest BCUT2D eigenvalue weighted by molar-refractivity contribution is 0.0953. The molecule has 1 aromatic rings. The van der Waals surface area contributed by atoms with Crippen molar-refractivity contribution in [1.29, 1.82) is 5.26 Å². The smallest absolute Gasteiger partial charge is 0.251 e. The second kappa shape index (κ2) is 6.92. The molecule has 0 fully saturated rings. The molecule has 1 rings (SSSR count). The van der Waals surface area contributed by atoms with Crippen LogP contribution in [0.1, 0.15) is 29.3 Å². The fourth-order valence-corrected chi connectivity index (χ4v) is 1.80. The largest absolute Gasteiger partial charge is 0.352 e. The Balaban J connectivity index is 2.46. The summed E-state index contributed by atoms with van der Waals surface area (Å²) in [6, 6.07) is 8.46. The summed E-state index contributed by atoms with van der Waals surface area (Å²) in [4.78, 5) is 11.7. The van der Waals surface area contributed by atoms with Crippen LogP contribution in [0.4, 0.5) is 0 Å². The topological polar surface area (TPSA) is 70.0 Å². The van der Waals surface area contributed by atoms with Gasteiger partial charge in [-0.05, 0) is 30.7 Å². The minimum absolute atomic E-state index is 0.0752. The van der Waals surface area contributed by atoms with Crippen molar-refractivity contribution in [3.05, 3.63) is 35.4 Å². The van der Waals surface area contributed by atoms with Gasteiger partial charge in [-0.2, -0.15) is 5.26 Å². The molecular weight excluding hydrogens is 248 g/mol. The van der Waals surface area contributed by atoms with Crippen LogP contribution in [0, 0.1) is 11.3 Å². The van der Waals surface area contributed by atoms with E-state index in [1.807, 2.05) is 13.0 Å². The molecule has 0 radical (unpaired) electrons. The number of hydrogen-bond donors (Lipinski definition) is 1. The van der Waals surface area contributed by atoms with E-state index in [9.17, 15) is 9.00 Å². The normalized spacial score (nSPS) is 13.4. The summed E-state index contributed by atoms with van der Waals surface area (Å²) in [6.45, 7) is 2.39. The third kappa shape index (κ3) is 4.30. The second-order valence-electron chi connectivity index (χ2n) is 4.04. The van der Waals surface area contributed by atoms with Gasteiger partial charge in [-0.1, -0.05) is 6.92 Å². The van der Waals surface area contributed by atoms with Crippen LogP contribution in [0.2, 0.25) is 0 Å². The van der Waals surface area contributed by atoms with Crippen LogP contribution >= 0.6 is 0 Å². The number of carbonyl (C=O) groups excluding carboxylic acids is 1. The Morgan fingerprint density at radius 2 is 2.06 bits per heavy atom. The average molecular weight is 264 g/mol. The number of benzene rings is 1. The van der Waals surface area contributed by atoms with Crippen molar-refractivity contribution in [2.24, 2.45) is 0 Å². The second-order valence-corrected chi connectivity index (χ2v) is 5.84. The highest BCUT2D eigenvalue weighted by Crippen LogP contribution is 2.03. The lowest BCUT2D eigenvalue weighted by Crippen LogP contribution is -2.27. The van der Waals surface area contributed by atoms with Gasteiger partial charge in [0.05, 0.1) is 11.6 Å². The molecule has 0 spiro atoms. The van der Waals surface area contributed by atoms with E-state index in [1.54, 1.807) is 30.5 Å². The molecule has 1 amide bonds. The Labute approximate surface area is 109 Å². The summed E-state index contributed by atoms with van der Waals surface area (Å²) in [5.41, 5.74) is 1.06. The van der Waals surface area contributed by atoms with Crippen LogP contribution in [0.3, 0.4) is 0 Å². The molecule has 1 N–H and O–H groups in total. The third-order valence-electron chi connectivity index (χ3n) is 2.68. The van der Waals surface area contributed by atoms with Gasteiger partial charge in [0.2, 0.25) is 0 Å². The van der Waals surface area contributed by atoms with Crippen molar-refractivity contribution >= 4 is 16.7 Å². The molecule has 0 aliphatic rings. The lowest BCUT2D eigenvalue weighted by Gasteiger charge is -2.09. The Morgan fingerprint density at radius 1 is 1.44 bits per heavy atom. The molecule has 0 aliphatic carbocycles. The first-order chi connectivity index (χ1) is 8.54. The van der Waals surface area contributed by atoms with Crippen molar-refractivity contribution in [1.82, 2.24) is 5.32 Å². The maximum Gasteiger partial charge on any atom is 0.251 e. The van der Waals surface area contributed by atoms with Crippen molar-refractivity contribution in [2.45, 2.75) is 18.6 Å². The van der Waals surface area contributed by atoms with E-state index in [0.29, 0.717) is 24.1 Å². The van der Waals surface area contributed by atoms with E-state index >= 15 is 0 Å². The number of amides is 1. The summed E-state index contributed by atoms with van der Waals surface area (Å²) in [6.07, 6.45) is 2.35. The molecule has 2 unspecified atom stereocenters. The highest BCUT2D eigenvalue weighted by Gasteiger charge is 2.08. The monoisotopic (exact) mass is 264 g/mol. The van der Waals surface area contributed by atoms with Gasteiger partial charge in [-0.3, -0.25) is 9.00 Å². The summed E-state index contributed by atoms with van der Waals surface area (Å²) in [5, 5.41) is 11.5. The van der Waals surface area contributed by atoms with Gasteiger partial charge < -0.3 is 5.32 Å². The first-order valence-electron chi connectivity index (χ1n) is 5.65. The van der Waals surface area contributed by atoms with E-state index in [2.05, 4.69) is 5.32 Å². The van der Waals surface area contributed by atoms with Crippen LogP contribution in [-0.4, -0.2) is 28.2 Å². The maximum absolute atomic E-state index is 11.7. The van der Waals surface area contributed by atoms with Gasteiger partial charge in [-0.15, -0.1) is 0 Å². The number of hydrogen-bond acceptors (Lipinski definition) is 3. The number of nitriles is 1. The Bertz CT molecular complexity index is 477. The first kappa shape index (κ1) is 14.4. The summed E-state index contributed by atoms with van der Waals surface area (Å²) >= 11 is 0. The molecule has 0 saturated carbocycles. The lowest BCUT2D eigenvalue weighted by atomic mass is 10.1. The predicted octanol–water partition coefficient (Wildman–Crippen LogP) is 1.45. The summed E-state index contributed by atoms with van der Waals surface area (Å²) < 4.78 is 11.1. The quantitative estimate of drug-likeness (QED) is 0.875. The summed E-state index contributed by atoms with van der Waals surface area (Å²) in [5.74, 6) is -0.173. The van der Waals surface area contributed by atoms with Gasteiger partial charge in [0, 0.05) is 34.4 Å². The van der Waals surface area contributed by atoms with Crippen LogP contribution < -0.4 is 5.32 Å². The zero-order valence-corrected chi connectivity index (χ0v) is 11.3. The minimum atomic E-state index is -0.861. The molecule has 0 saturated heterocycles. The standard InChI is InChI=1S/C13H16N2O2S/c1-10(18(2)17)7-8-15-13(16)12-5-3-11(9-14)4-6-12/h3-6,10H,7-8H2,1-2H3,(H,15,16). The number of carbonyl (C=O) groups is 1. The van der Waals surface area contributed by atoms with Gasteiger partial charge in [0.25, 0.3) is 5.91 Å². The summed E-state index contributed by atoms with van der Waals surface area (Å²) in [7, 11) is -0.861. The Hall–Kier alpha value is -1.67. The van der Waals surface area contributed by atoms with Crippen molar-refractivity contribution in [3.8, 4) is 6.07 Å². The van der Waals surface area contributed by atoms with Crippen molar-refractivity contribution < 1.29 is 9.00 Å². The maximum atomic E-state index is 11.7. The number of nitrogens with zero attached hydrogens (tertiary/aromatic N) is 1. The minimum Gasteiger partial charge on any atom is -0.352 e. The van der Waals surface area contributed by atoms with Gasteiger partial charge in [0.1, 0.15) is 0 Å². The first-order valence-corrected chi connectivity index (χ1v) is 7.27. The molecule has 0 bridgehead atoms. The van der Waals surface area contributed by atoms with Crippen LogP contribution in [0.5, 0.6) is 0 Å². The zero-order valence-electron chi connectivity index (χ0n) is 10.5. The fraction of sp³-hybridized carbons (Fsp3) is 0.385. The molecular formula is C13H16N2O2S. The zero-order chi connectivity index (χ0) is 13.5. The van der Waals surface area contributed by atoms with Gasteiger partial charge in [0.15, 0.2) is 0 Å². The number of rotatable bonds is 5. The van der Waals surface area contributed by atoms with Crippen LogP contribution in [-0.2, 0) is 10.8 Å². The Morgan fingerprint density at radius 3 is 2.56 bits per heavy atom.